The van der Waals surface area contributed by atoms with Crippen molar-refractivity contribution in [3.63, 3.8) is 0 Å². The quantitative estimate of drug-likeness (QED) is 0.726. The molecule has 0 aliphatic carbocycles. The van der Waals surface area contributed by atoms with Gasteiger partial charge in [-0.1, -0.05) is 36.0 Å². The molecule has 0 saturated heterocycles. The molecule has 1 aromatic heterocycles. The van der Waals surface area contributed by atoms with E-state index in [1.807, 2.05) is 24.3 Å². The Morgan fingerprint density at radius 1 is 1.17 bits per heavy atom. The minimum Gasteiger partial charge on any atom is -0.407 e. The second kappa shape index (κ2) is 6.66. The van der Waals surface area contributed by atoms with E-state index in [-0.39, 0.29) is 5.82 Å². The maximum Gasteiger partial charge on any atom is 0.309 e. The van der Waals surface area contributed by atoms with E-state index < -0.39 is 5.97 Å². The highest BCUT2D eigenvalue weighted by Crippen LogP contribution is 2.34. The summed E-state index contributed by atoms with van der Waals surface area (Å²) in [5.74, 6) is -0.340. The third-order valence-corrected chi connectivity index (χ3v) is 4.02. The lowest BCUT2D eigenvalue weighted by Gasteiger charge is -2.05. The van der Waals surface area contributed by atoms with Gasteiger partial charge in [0.25, 0.3) is 0 Å². The summed E-state index contributed by atoms with van der Waals surface area (Å²) in [4.78, 5) is 19.0. The molecule has 0 aliphatic heterocycles. The van der Waals surface area contributed by atoms with Crippen molar-refractivity contribution in [2.45, 2.75) is 16.8 Å². The zero-order chi connectivity index (χ0) is 16.2. The normalized spacial score (nSPS) is 10.5. The lowest BCUT2D eigenvalue weighted by atomic mass is 10.1. The standard InChI is InChI=1S/C17H13FN2O2S/c1-11(21)22-16-17(20-10-19-16)23-15-4-2-3-13(9-15)12-5-7-14(18)8-6-12/h2-10H,1H3,(H,19,20). The number of carbonyl (C=O) groups is 1. The molecule has 3 rings (SSSR count). The summed E-state index contributed by atoms with van der Waals surface area (Å²) in [6.45, 7) is 1.34. The number of benzene rings is 2. The van der Waals surface area contributed by atoms with Gasteiger partial charge in [0, 0.05) is 11.8 Å². The lowest BCUT2D eigenvalue weighted by Crippen LogP contribution is -2.02. The molecular weight excluding hydrogens is 315 g/mol. The minimum absolute atomic E-state index is 0.262. The summed E-state index contributed by atoms with van der Waals surface area (Å²) in [7, 11) is 0. The number of hydrogen-bond acceptors (Lipinski definition) is 4. The molecule has 0 spiro atoms. The minimum atomic E-state index is -0.406. The monoisotopic (exact) mass is 328 g/mol. The first kappa shape index (κ1) is 15.3. The van der Waals surface area contributed by atoms with Gasteiger partial charge in [-0.05, 0) is 35.4 Å². The van der Waals surface area contributed by atoms with Crippen molar-refractivity contribution < 1.29 is 13.9 Å². The molecule has 0 atom stereocenters. The van der Waals surface area contributed by atoms with Gasteiger partial charge >= 0.3 is 5.97 Å². The zero-order valence-electron chi connectivity index (χ0n) is 12.2. The molecule has 3 aromatic rings. The molecule has 0 aliphatic rings. The van der Waals surface area contributed by atoms with E-state index in [1.165, 1.54) is 37.1 Å². The average Bonchev–Trinajstić information content (AvgIpc) is 2.94. The van der Waals surface area contributed by atoms with Gasteiger partial charge in [-0.15, -0.1) is 0 Å². The molecule has 1 heterocycles. The molecule has 4 nitrogen and oxygen atoms in total. The van der Waals surface area contributed by atoms with E-state index in [0.717, 1.165) is 16.0 Å². The Bertz CT molecular complexity index is 831. The Hall–Kier alpha value is -2.60. The molecular formula is C17H13FN2O2S. The van der Waals surface area contributed by atoms with Crippen molar-refractivity contribution in [1.82, 2.24) is 9.97 Å². The highest BCUT2D eigenvalue weighted by atomic mass is 32.2. The van der Waals surface area contributed by atoms with Crippen LogP contribution in [0.2, 0.25) is 0 Å². The van der Waals surface area contributed by atoms with E-state index in [4.69, 9.17) is 4.74 Å². The number of hydrogen-bond donors (Lipinski definition) is 1. The predicted molar refractivity (Wildman–Crippen MR) is 85.9 cm³/mol. The number of nitrogens with zero attached hydrogens (tertiary/aromatic N) is 1. The van der Waals surface area contributed by atoms with Crippen LogP contribution in [0.1, 0.15) is 6.92 Å². The molecule has 0 fully saturated rings. The van der Waals surface area contributed by atoms with Gasteiger partial charge in [0.05, 0.1) is 6.33 Å². The van der Waals surface area contributed by atoms with Gasteiger partial charge in [-0.25, -0.2) is 9.37 Å². The highest BCUT2D eigenvalue weighted by Gasteiger charge is 2.11. The summed E-state index contributed by atoms with van der Waals surface area (Å²) in [6.07, 6.45) is 1.48. The topological polar surface area (TPSA) is 55.0 Å². The number of nitrogens with one attached hydrogen (secondary N) is 1. The van der Waals surface area contributed by atoms with Crippen molar-refractivity contribution in [3.8, 4) is 17.0 Å². The fourth-order valence-electron chi connectivity index (χ4n) is 2.05. The summed E-state index contributed by atoms with van der Waals surface area (Å²) < 4.78 is 18.1. The summed E-state index contributed by atoms with van der Waals surface area (Å²) in [6, 6.07) is 14.1. The lowest BCUT2D eigenvalue weighted by molar-refractivity contribution is -0.132. The highest BCUT2D eigenvalue weighted by molar-refractivity contribution is 7.99. The number of aromatic amines is 1. The van der Waals surface area contributed by atoms with E-state index in [2.05, 4.69) is 9.97 Å². The number of aromatic nitrogens is 2. The molecule has 2 aromatic carbocycles. The van der Waals surface area contributed by atoms with Crippen molar-refractivity contribution in [1.29, 1.82) is 0 Å². The summed E-state index contributed by atoms with van der Waals surface area (Å²) in [5, 5.41) is 0.580. The number of H-pyrrole nitrogens is 1. The molecule has 6 heteroatoms. The second-order valence-corrected chi connectivity index (χ2v) is 5.83. The predicted octanol–water partition coefficient (Wildman–Crippen LogP) is 4.29. The SMILES string of the molecule is CC(=O)Oc1[nH]cnc1Sc1cccc(-c2ccc(F)cc2)c1. The van der Waals surface area contributed by atoms with Gasteiger partial charge in [-0.3, -0.25) is 4.79 Å². The Morgan fingerprint density at radius 3 is 2.70 bits per heavy atom. The van der Waals surface area contributed by atoms with Crippen molar-refractivity contribution in [3.05, 3.63) is 60.7 Å². The largest absolute Gasteiger partial charge is 0.407 e. The summed E-state index contributed by atoms with van der Waals surface area (Å²) in [5.41, 5.74) is 1.90. The number of ether oxygens (including phenoxy) is 1. The smallest absolute Gasteiger partial charge is 0.309 e. The molecule has 0 saturated carbocycles. The molecule has 0 radical (unpaired) electrons. The van der Waals surface area contributed by atoms with Gasteiger partial charge in [0.1, 0.15) is 5.82 Å². The van der Waals surface area contributed by atoms with Crippen LogP contribution in [0.25, 0.3) is 11.1 Å². The van der Waals surface area contributed by atoms with Crippen LogP contribution in [0.5, 0.6) is 5.88 Å². The number of imidazole rings is 1. The number of esters is 1. The van der Waals surface area contributed by atoms with Gasteiger partial charge in [-0.2, -0.15) is 0 Å². The van der Waals surface area contributed by atoms with Crippen molar-refractivity contribution >= 4 is 17.7 Å². The van der Waals surface area contributed by atoms with Crippen molar-refractivity contribution in [2.75, 3.05) is 0 Å². The maximum atomic E-state index is 13.0. The van der Waals surface area contributed by atoms with E-state index in [1.54, 1.807) is 12.1 Å². The maximum absolute atomic E-state index is 13.0. The molecule has 23 heavy (non-hydrogen) atoms. The molecule has 0 amide bonds. The van der Waals surface area contributed by atoms with Crippen LogP contribution in [0, 0.1) is 5.82 Å². The van der Waals surface area contributed by atoms with Crippen LogP contribution in [0.3, 0.4) is 0 Å². The first-order valence-electron chi connectivity index (χ1n) is 6.87. The number of carbonyl (C=O) groups excluding carboxylic acids is 1. The fourth-order valence-corrected chi connectivity index (χ4v) is 2.91. The van der Waals surface area contributed by atoms with Gasteiger partial charge < -0.3 is 9.72 Å². The zero-order valence-corrected chi connectivity index (χ0v) is 13.1. The Morgan fingerprint density at radius 2 is 1.96 bits per heavy atom. The first-order chi connectivity index (χ1) is 11.1. The van der Waals surface area contributed by atoms with E-state index in [0.29, 0.717) is 10.9 Å². The second-order valence-electron chi connectivity index (χ2n) is 4.77. The van der Waals surface area contributed by atoms with Crippen LogP contribution >= 0.6 is 11.8 Å². The van der Waals surface area contributed by atoms with Crippen molar-refractivity contribution in [2.24, 2.45) is 0 Å². The van der Waals surface area contributed by atoms with E-state index in [9.17, 15) is 9.18 Å². The average molecular weight is 328 g/mol. The Labute approximate surface area is 136 Å². The van der Waals surface area contributed by atoms with Crippen LogP contribution in [-0.4, -0.2) is 15.9 Å². The fraction of sp³-hybridized carbons (Fsp3) is 0.0588. The summed E-state index contributed by atoms with van der Waals surface area (Å²) >= 11 is 1.38. The van der Waals surface area contributed by atoms with Crippen LogP contribution in [-0.2, 0) is 4.79 Å². The van der Waals surface area contributed by atoms with Crippen LogP contribution < -0.4 is 4.74 Å². The number of halogens is 1. The first-order valence-corrected chi connectivity index (χ1v) is 7.69. The molecule has 116 valence electrons. The van der Waals surface area contributed by atoms with Crippen LogP contribution in [0.4, 0.5) is 4.39 Å². The third-order valence-electron chi connectivity index (χ3n) is 3.04. The van der Waals surface area contributed by atoms with Gasteiger partial charge in [0.15, 0.2) is 5.03 Å². The van der Waals surface area contributed by atoms with E-state index >= 15 is 0 Å². The molecule has 0 unspecified atom stereocenters. The third kappa shape index (κ3) is 3.78. The number of rotatable bonds is 4. The Balaban J connectivity index is 1.84. The Kier molecular flexibility index (Phi) is 4.43. The molecule has 1 N–H and O–H groups in total. The molecule has 0 bridgehead atoms. The van der Waals surface area contributed by atoms with Gasteiger partial charge in [0.2, 0.25) is 5.88 Å². The van der Waals surface area contributed by atoms with Crippen LogP contribution in [0.15, 0.2) is 64.8 Å².